The lowest BCUT2D eigenvalue weighted by atomic mass is 9.99. The maximum absolute atomic E-state index is 10.00. The summed E-state index contributed by atoms with van der Waals surface area (Å²) >= 11 is 0. The largest absolute Gasteiger partial charge is 0.481 e. The molecule has 13 nitrogen and oxygen atoms in total. The minimum atomic E-state index is -2.22. The van der Waals surface area contributed by atoms with Gasteiger partial charge in [-0.15, -0.1) is 0 Å². The van der Waals surface area contributed by atoms with E-state index in [1.807, 2.05) is 6.92 Å². The minimum Gasteiger partial charge on any atom is -0.481 e. The second-order valence-electron chi connectivity index (χ2n) is 6.70. The fraction of sp³-hybridized carbons (Fsp3) is 0.938. The van der Waals surface area contributed by atoms with Crippen molar-refractivity contribution in [3.05, 3.63) is 0 Å². The number of aliphatic hydroxyl groups is 8. The molecule has 0 spiro atoms. The molecular weight excluding hydrogens is 400 g/mol. The Balaban J connectivity index is 0.000000612. The zero-order valence-corrected chi connectivity index (χ0v) is 15.8. The Bertz CT molecular complexity index is 503. The van der Waals surface area contributed by atoms with Crippen molar-refractivity contribution in [1.29, 1.82) is 0 Å². The van der Waals surface area contributed by atoms with Crippen LogP contribution in [0.5, 0.6) is 0 Å². The molecule has 172 valence electrons. The van der Waals surface area contributed by atoms with Crippen molar-refractivity contribution in [3.8, 4) is 0 Å². The SMILES string of the molecule is CCCC(=O)O.OC[C@H]1O[C@@](CO)(O[C@H]2O[C@H](CO)[C@@H](O)[C@H](O)[C@H]2O)[C@@H](O)[C@@H]1O. The molecule has 0 amide bonds. The van der Waals surface area contributed by atoms with E-state index in [-0.39, 0.29) is 0 Å². The van der Waals surface area contributed by atoms with Gasteiger partial charge in [0.05, 0.1) is 13.2 Å². The van der Waals surface area contributed by atoms with Crippen LogP contribution in [-0.4, -0.2) is 127 Å². The maximum atomic E-state index is 10.00. The van der Waals surface area contributed by atoms with E-state index in [0.29, 0.717) is 6.42 Å². The van der Waals surface area contributed by atoms with E-state index in [9.17, 15) is 35.4 Å². The number of carbonyl (C=O) groups is 1. The van der Waals surface area contributed by atoms with Crippen LogP contribution in [0.4, 0.5) is 0 Å². The van der Waals surface area contributed by atoms with Crippen molar-refractivity contribution in [2.75, 3.05) is 19.8 Å². The lowest BCUT2D eigenvalue weighted by molar-refractivity contribution is -0.383. The van der Waals surface area contributed by atoms with Gasteiger partial charge in [-0.05, 0) is 6.42 Å². The van der Waals surface area contributed by atoms with E-state index in [2.05, 4.69) is 0 Å². The summed E-state index contributed by atoms with van der Waals surface area (Å²) in [5, 5.41) is 84.6. The zero-order chi connectivity index (χ0) is 22.4. The van der Waals surface area contributed by atoms with Gasteiger partial charge in [0.25, 0.3) is 0 Å². The smallest absolute Gasteiger partial charge is 0.303 e. The highest BCUT2D eigenvalue weighted by Crippen LogP contribution is 2.35. The van der Waals surface area contributed by atoms with Crippen LogP contribution in [0.1, 0.15) is 19.8 Å². The molecule has 0 aromatic rings. The second kappa shape index (κ2) is 11.4. The third kappa shape index (κ3) is 6.02. The van der Waals surface area contributed by atoms with Gasteiger partial charge in [-0.1, -0.05) is 6.92 Å². The summed E-state index contributed by atoms with van der Waals surface area (Å²) in [6, 6.07) is 0. The van der Waals surface area contributed by atoms with Crippen molar-refractivity contribution >= 4 is 5.97 Å². The lowest BCUT2D eigenvalue weighted by Crippen LogP contribution is -2.62. The average molecular weight is 430 g/mol. The summed E-state index contributed by atoms with van der Waals surface area (Å²) in [4.78, 5) is 9.60. The van der Waals surface area contributed by atoms with Crippen molar-refractivity contribution < 1.29 is 65.0 Å². The molecule has 0 radical (unpaired) electrons. The Morgan fingerprint density at radius 3 is 1.90 bits per heavy atom. The molecule has 0 aliphatic carbocycles. The van der Waals surface area contributed by atoms with Gasteiger partial charge in [-0.2, -0.15) is 0 Å². The van der Waals surface area contributed by atoms with E-state index >= 15 is 0 Å². The van der Waals surface area contributed by atoms with E-state index in [1.54, 1.807) is 0 Å². The number of carboxylic acids is 1. The van der Waals surface area contributed by atoms with Gasteiger partial charge < -0.3 is 60.2 Å². The van der Waals surface area contributed by atoms with E-state index in [0.717, 1.165) is 6.42 Å². The maximum Gasteiger partial charge on any atom is 0.303 e. The normalized spacial score (nSPS) is 42.2. The minimum absolute atomic E-state index is 0.292. The summed E-state index contributed by atoms with van der Waals surface area (Å²) in [5.74, 6) is -2.93. The molecule has 2 fully saturated rings. The van der Waals surface area contributed by atoms with Crippen LogP contribution in [0, 0.1) is 0 Å². The van der Waals surface area contributed by atoms with Gasteiger partial charge in [-0.3, -0.25) is 4.79 Å². The summed E-state index contributed by atoms with van der Waals surface area (Å²) in [5.41, 5.74) is 0. The van der Waals surface area contributed by atoms with Crippen molar-refractivity contribution in [1.82, 2.24) is 0 Å². The monoisotopic (exact) mass is 430 g/mol. The van der Waals surface area contributed by atoms with Crippen molar-refractivity contribution in [2.24, 2.45) is 0 Å². The van der Waals surface area contributed by atoms with Gasteiger partial charge in [0.15, 0.2) is 6.29 Å². The fourth-order valence-electron chi connectivity index (χ4n) is 2.85. The van der Waals surface area contributed by atoms with Gasteiger partial charge in [0.1, 0.15) is 49.3 Å². The Morgan fingerprint density at radius 1 is 0.931 bits per heavy atom. The number of carboxylic acid groups (broad SMARTS) is 1. The van der Waals surface area contributed by atoms with Crippen LogP contribution in [0.25, 0.3) is 0 Å². The molecule has 2 heterocycles. The first-order valence-corrected chi connectivity index (χ1v) is 9.04. The highest BCUT2D eigenvalue weighted by molar-refractivity contribution is 5.66. The van der Waals surface area contributed by atoms with E-state index in [1.165, 1.54) is 0 Å². The Kier molecular flexibility index (Phi) is 10.3. The first-order chi connectivity index (χ1) is 13.6. The number of aliphatic carboxylic acids is 1. The summed E-state index contributed by atoms with van der Waals surface area (Å²) in [6.07, 6.45) is -11.6. The van der Waals surface area contributed by atoms with Crippen molar-refractivity contribution in [3.63, 3.8) is 0 Å². The number of aliphatic hydroxyl groups excluding tert-OH is 8. The highest BCUT2D eigenvalue weighted by atomic mass is 16.8. The van der Waals surface area contributed by atoms with Crippen LogP contribution in [0.15, 0.2) is 0 Å². The molecule has 0 saturated carbocycles. The zero-order valence-electron chi connectivity index (χ0n) is 15.8. The van der Waals surface area contributed by atoms with Gasteiger partial charge in [-0.25, -0.2) is 0 Å². The first kappa shape index (κ1) is 26.1. The fourth-order valence-corrected chi connectivity index (χ4v) is 2.85. The summed E-state index contributed by atoms with van der Waals surface area (Å²) in [7, 11) is 0. The molecular formula is C16H30O13. The van der Waals surface area contributed by atoms with Gasteiger partial charge in [0.2, 0.25) is 5.79 Å². The standard InChI is InChI=1S/C12H22O11.C4H8O2/c13-1-4-6(16)8(18)9(19)11(21-4)23-12(3-15)10(20)7(17)5(2-14)22-12;1-2-3-4(5)6/h4-11,13-20H,1-3H2;2-3H2,1H3,(H,5,6)/t4-,5-,6-,7-,8+,9-,10+,11-,12+;/m1./s1. The average Bonchev–Trinajstić information content (AvgIpc) is 2.93. The number of hydrogen-bond donors (Lipinski definition) is 9. The third-order valence-corrected chi connectivity index (χ3v) is 4.53. The number of ether oxygens (including phenoxy) is 3. The molecule has 0 bridgehead atoms. The van der Waals surface area contributed by atoms with E-state index < -0.39 is 80.6 Å². The van der Waals surface area contributed by atoms with Crippen LogP contribution in [0.3, 0.4) is 0 Å². The Labute approximate surface area is 166 Å². The highest BCUT2D eigenvalue weighted by Gasteiger charge is 2.58. The van der Waals surface area contributed by atoms with Crippen LogP contribution >= 0.6 is 0 Å². The van der Waals surface area contributed by atoms with Gasteiger partial charge in [0, 0.05) is 6.42 Å². The molecule has 2 rings (SSSR count). The molecule has 2 aliphatic heterocycles. The summed E-state index contributed by atoms with van der Waals surface area (Å²) < 4.78 is 15.4. The lowest BCUT2D eigenvalue weighted by Gasteiger charge is -2.43. The Hall–Kier alpha value is -0.970. The molecule has 0 unspecified atom stereocenters. The Morgan fingerprint density at radius 2 is 1.52 bits per heavy atom. The molecule has 0 aromatic carbocycles. The molecule has 9 N–H and O–H groups in total. The predicted molar refractivity (Wildman–Crippen MR) is 91.2 cm³/mol. The molecule has 29 heavy (non-hydrogen) atoms. The van der Waals surface area contributed by atoms with Crippen LogP contribution in [0.2, 0.25) is 0 Å². The predicted octanol–water partition coefficient (Wildman–Crippen LogP) is -4.52. The van der Waals surface area contributed by atoms with Crippen LogP contribution in [-0.2, 0) is 19.0 Å². The third-order valence-electron chi connectivity index (χ3n) is 4.53. The molecule has 0 aromatic heterocycles. The molecule has 9 atom stereocenters. The van der Waals surface area contributed by atoms with E-state index in [4.69, 9.17) is 29.5 Å². The molecule has 2 aliphatic rings. The molecule has 13 heteroatoms. The van der Waals surface area contributed by atoms with Gasteiger partial charge >= 0.3 is 5.97 Å². The molecule has 2 saturated heterocycles. The first-order valence-electron chi connectivity index (χ1n) is 9.04. The summed E-state index contributed by atoms with van der Waals surface area (Å²) in [6.45, 7) is -0.481. The second-order valence-corrected chi connectivity index (χ2v) is 6.70. The van der Waals surface area contributed by atoms with Crippen molar-refractivity contribution in [2.45, 2.75) is 74.6 Å². The number of rotatable bonds is 7. The van der Waals surface area contributed by atoms with Crippen LogP contribution < -0.4 is 0 Å². The number of hydrogen-bond acceptors (Lipinski definition) is 12. The quantitative estimate of drug-likeness (QED) is 0.186. The topological polar surface area (TPSA) is 227 Å².